The molecule has 5 unspecified atom stereocenters. The highest BCUT2D eigenvalue weighted by Gasteiger charge is 2.77. The molecular weight excluding hydrogens is 212 g/mol. The highest BCUT2D eigenvalue weighted by atomic mass is 16.6. The Bertz CT molecular complexity index is 380. The van der Waals surface area contributed by atoms with E-state index in [1.165, 1.54) is 19.3 Å². The van der Waals surface area contributed by atoms with Crippen LogP contribution in [0, 0.1) is 23.2 Å². The van der Waals surface area contributed by atoms with Crippen LogP contribution < -0.4 is 5.84 Å². The summed E-state index contributed by atoms with van der Waals surface area (Å²) in [5, 5.41) is 3.96. The second-order valence-electron chi connectivity index (χ2n) is 6.69. The lowest BCUT2D eigenvalue weighted by atomic mass is 9.57. The molecule has 2 saturated carbocycles. The average molecular weight is 236 g/mol. The topological polar surface area (TPSA) is 50.9 Å². The summed E-state index contributed by atoms with van der Waals surface area (Å²) >= 11 is 0. The van der Waals surface area contributed by atoms with Gasteiger partial charge in [0.2, 0.25) is 0 Å². The predicted molar refractivity (Wildman–Crippen MR) is 68.7 cm³/mol. The van der Waals surface area contributed by atoms with Crippen LogP contribution in [0.25, 0.3) is 0 Å². The molecule has 2 N–H and O–H groups in total. The zero-order valence-corrected chi connectivity index (χ0v) is 11.4. The lowest BCUT2D eigenvalue weighted by molar-refractivity contribution is -0.0136. The lowest BCUT2D eigenvalue weighted by Gasteiger charge is -2.48. The molecule has 3 heteroatoms. The molecule has 1 heterocycles. The van der Waals surface area contributed by atoms with Gasteiger partial charge in [0, 0.05) is 5.41 Å². The zero-order valence-electron chi connectivity index (χ0n) is 11.4. The van der Waals surface area contributed by atoms with Gasteiger partial charge in [-0.1, -0.05) is 20.8 Å². The summed E-state index contributed by atoms with van der Waals surface area (Å²) < 4.78 is 6.04. The third kappa shape index (κ3) is 1.14. The molecule has 0 aromatic carbocycles. The fourth-order valence-corrected chi connectivity index (χ4v) is 4.85. The Morgan fingerprint density at radius 1 is 1.41 bits per heavy atom. The van der Waals surface area contributed by atoms with Gasteiger partial charge in [-0.05, 0) is 43.9 Å². The third-order valence-corrected chi connectivity index (χ3v) is 6.24. The summed E-state index contributed by atoms with van der Waals surface area (Å²) in [7, 11) is 0. The Kier molecular flexibility index (Phi) is 2.20. The number of nitrogens with zero attached hydrogens (tertiary/aromatic N) is 1. The minimum Gasteiger partial charge on any atom is -0.359 e. The molecule has 17 heavy (non-hydrogen) atoms. The van der Waals surface area contributed by atoms with Crippen LogP contribution in [0.1, 0.15) is 47.0 Å². The number of epoxide rings is 1. The molecule has 2 aliphatic carbocycles. The van der Waals surface area contributed by atoms with Gasteiger partial charge in [-0.2, -0.15) is 5.10 Å². The SMILES string of the molecule is CC(=NN)C12O[C@@H]1CC1C(C)C(C)CCC12C. The standard InChI is InChI=1S/C14H24N2O/c1-8-5-6-13(4)11(9(8)2)7-12-14(13,17-12)10(3)16-15/h8-9,11-12H,5-7,15H2,1-4H3/t8?,9?,11?,12-,13?,14?/m1/s1. The van der Waals surface area contributed by atoms with E-state index >= 15 is 0 Å². The number of hydrogen-bond acceptors (Lipinski definition) is 3. The number of hydrogen-bond donors (Lipinski definition) is 1. The van der Waals surface area contributed by atoms with E-state index in [4.69, 9.17) is 10.6 Å². The van der Waals surface area contributed by atoms with Crippen LogP contribution in [-0.4, -0.2) is 17.4 Å². The Hall–Kier alpha value is -0.570. The zero-order chi connectivity index (χ0) is 12.4. The van der Waals surface area contributed by atoms with E-state index in [1.807, 2.05) is 6.92 Å². The maximum absolute atomic E-state index is 6.04. The van der Waals surface area contributed by atoms with Crippen molar-refractivity contribution in [2.75, 3.05) is 0 Å². The van der Waals surface area contributed by atoms with Crippen molar-refractivity contribution >= 4 is 5.71 Å². The van der Waals surface area contributed by atoms with Crippen molar-refractivity contribution in [3.8, 4) is 0 Å². The molecule has 1 saturated heterocycles. The molecule has 3 nitrogen and oxygen atoms in total. The molecule has 0 aromatic heterocycles. The molecule has 3 fully saturated rings. The monoisotopic (exact) mass is 236 g/mol. The number of hydrazone groups is 1. The van der Waals surface area contributed by atoms with Gasteiger partial charge in [0.15, 0.2) is 0 Å². The molecular formula is C14H24N2O. The van der Waals surface area contributed by atoms with Crippen LogP contribution >= 0.6 is 0 Å². The van der Waals surface area contributed by atoms with Gasteiger partial charge < -0.3 is 10.6 Å². The number of nitrogens with two attached hydrogens (primary N) is 1. The summed E-state index contributed by atoms with van der Waals surface area (Å²) in [6.07, 6.45) is 4.16. The van der Waals surface area contributed by atoms with Crippen LogP contribution in [0.3, 0.4) is 0 Å². The van der Waals surface area contributed by atoms with Gasteiger partial charge >= 0.3 is 0 Å². The number of ether oxygens (including phenoxy) is 1. The van der Waals surface area contributed by atoms with Crippen molar-refractivity contribution in [3.63, 3.8) is 0 Å². The van der Waals surface area contributed by atoms with Crippen LogP contribution in [-0.2, 0) is 4.74 Å². The van der Waals surface area contributed by atoms with Gasteiger partial charge in [0.1, 0.15) is 5.60 Å². The van der Waals surface area contributed by atoms with Crippen molar-refractivity contribution < 1.29 is 4.74 Å². The Balaban J connectivity index is 1.99. The first-order valence-corrected chi connectivity index (χ1v) is 6.90. The van der Waals surface area contributed by atoms with E-state index in [2.05, 4.69) is 25.9 Å². The molecule has 0 radical (unpaired) electrons. The molecule has 3 aliphatic rings. The first-order chi connectivity index (χ1) is 7.97. The van der Waals surface area contributed by atoms with Crippen molar-refractivity contribution in [2.45, 2.75) is 58.7 Å². The van der Waals surface area contributed by atoms with Gasteiger partial charge in [-0.3, -0.25) is 0 Å². The van der Waals surface area contributed by atoms with Crippen molar-refractivity contribution in [1.29, 1.82) is 0 Å². The van der Waals surface area contributed by atoms with E-state index < -0.39 is 0 Å². The minimum absolute atomic E-state index is 0.110. The smallest absolute Gasteiger partial charge is 0.140 e. The van der Waals surface area contributed by atoms with Crippen LogP contribution in [0.4, 0.5) is 0 Å². The first kappa shape index (κ1) is 11.5. The summed E-state index contributed by atoms with van der Waals surface area (Å²) in [6.45, 7) is 9.25. The molecule has 6 atom stereocenters. The van der Waals surface area contributed by atoms with E-state index in [9.17, 15) is 0 Å². The van der Waals surface area contributed by atoms with Crippen LogP contribution in [0.5, 0.6) is 0 Å². The first-order valence-electron chi connectivity index (χ1n) is 6.90. The summed E-state index contributed by atoms with van der Waals surface area (Å²) in [5.41, 5.74) is 1.16. The minimum atomic E-state index is -0.110. The second-order valence-corrected chi connectivity index (χ2v) is 6.69. The van der Waals surface area contributed by atoms with E-state index in [0.29, 0.717) is 6.10 Å². The highest BCUT2D eigenvalue weighted by Crippen LogP contribution is 2.70. The maximum Gasteiger partial charge on any atom is 0.140 e. The fraction of sp³-hybridized carbons (Fsp3) is 0.929. The molecule has 0 spiro atoms. The van der Waals surface area contributed by atoms with Crippen LogP contribution in [0.15, 0.2) is 5.10 Å². The Morgan fingerprint density at radius 2 is 2.12 bits per heavy atom. The van der Waals surface area contributed by atoms with E-state index in [-0.39, 0.29) is 11.0 Å². The Morgan fingerprint density at radius 3 is 2.76 bits per heavy atom. The largest absolute Gasteiger partial charge is 0.359 e. The van der Waals surface area contributed by atoms with Gasteiger partial charge in [0.25, 0.3) is 0 Å². The summed E-state index contributed by atoms with van der Waals surface area (Å²) in [4.78, 5) is 0. The van der Waals surface area contributed by atoms with Gasteiger partial charge in [-0.15, -0.1) is 0 Å². The molecule has 3 rings (SSSR count). The average Bonchev–Trinajstić information content (AvgIpc) is 2.99. The predicted octanol–water partition coefficient (Wildman–Crippen LogP) is 2.55. The van der Waals surface area contributed by atoms with Crippen molar-refractivity contribution in [3.05, 3.63) is 0 Å². The normalized spacial score (nSPS) is 57.5. The Labute approximate surface area is 104 Å². The number of fused-ring (bicyclic) bond motifs is 3. The van der Waals surface area contributed by atoms with Crippen molar-refractivity contribution in [1.82, 2.24) is 0 Å². The van der Waals surface area contributed by atoms with Gasteiger partial charge in [0.05, 0.1) is 11.8 Å². The maximum atomic E-state index is 6.04. The lowest BCUT2D eigenvalue weighted by Crippen LogP contribution is -2.48. The molecule has 0 aromatic rings. The highest BCUT2D eigenvalue weighted by molar-refractivity contribution is 5.95. The third-order valence-electron chi connectivity index (χ3n) is 6.24. The van der Waals surface area contributed by atoms with E-state index in [1.54, 1.807) is 0 Å². The van der Waals surface area contributed by atoms with Crippen molar-refractivity contribution in [2.24, 2.45) is 34.1 Å². The van der Waals surface area contributed by atoms with E-state index in [0.717, 1.165) is 23.5 Å². The fourth-order valence-electron chi connectivity index (χ4n) is 4.85. The summed E-state index contributed by atoms with van der Waals surface area (Å²) in [6, 6.07) is 0. The number of rotatable bonds is 1. The second kappa shape index (κ2) is 3.25. The molecule has 96 valence electrons. The molecule has 0 amide bonds. The molecule has 0 bridgehead atoms. The van der Waals surface area contributed by atoms with Crippen LogP contribution in [0.2, 0.25) is 0 Å². The summed E-state index contributed by atoms with van der Waals surface area (Å²) in [5.74, 6) is 7.94. The van der Waals surface area contributed by atoms with Gasteiger partial charge in [-0.25, -0.2) is 0 Å². The molecule has 1 aliphatic heterocycles. The quantitative estimate of drug-likeness (QED) is 0.329.